The molecule has 1 aromatic carbocycles. The first-order chi connectivity index (χ1) is 10.3. The molecule has 3 rings (SSSR count). The van der Waals surface area contributed by atoms with Gasteiger partial charge in [-0.1, -0.05) is 43.2 Å². The number of nitrogens with zero attached hydrogens (tertiary/aromatic N) is 2. The van der Waals surface area contributed by atoms with E-state index < -0.39 is 0 Å². The molecule has 110 valence electrons. The Hall–Kier alpha value is -2.10. The standard InChI is InChI=1S/C17H20N2O2/c1-2-21-17(20)15-12-16(13-8-4-3-5-9-13)19(18-15)14-10-6-7-11-14/h3-5,8-9,12,14H,2,6-7,10-11H2,1H3. The zero-order valence-electron chi connectivity index (χ0n) is 12.3. The predicted molar refractivity (Wildman–Crippen MR) is 81.1 cm³/mol. The third kappa shape index (κ3) is 2.84. The molecule has 21 heavy (non-hydrogen) atoms. The van der Waals surface area contributed by atoms with Crippen molar-refractivity contribution in [3.63, 3.8) is 0 Å². The Morgan fingerprint density at radius 3 is 2.67 bits per heavy atom. The Kier molecular flexibility index (Phi) is 4.04. The van der Waals surface area contributed by atoms with Crippen molar-refractivity contribution in [2.45, 2.75) is 38.6 Å². The van der Waals surface area contributed by atoms with Gasteiger partial charge in [0.25, 0.3) is 0 Å². The Labute approximate surface area is 124 Å². The third-order valence-electron chi connectivity index (χ3n) is 3.96. The Morgan fingerprint density at radius 2 is 2.00 bits per heavy atom. The fourth-order valence-electron chi connectivity index (χ4n) is 2.95. The molecule has 4 heteroatoms. The van der Waals surface area contributed by atoms with Crippen LogP contribution in [-0.4, -0.2) is 22.4 Å². The third-order valence-corrected chi connectivity index (χ3v) is 3.96. The van der Waals surface area contributed by atoms with E-state index >= 15 is 0 Å². The molecule has 1 heterocycles. The first-order valence-corrected chi connectivity index (χ1v) is 7.61. The lowest BCUT2D eigenvalue weighted by Gasteiger charge is -2.14. The van der Waals surface area contributed by atoms with E-state index in [2.05, 4.69) is 17.2 Å². The van der Waals surface area contributed by atoms with Crippen molar-refractivity contribution in [3.8, 4) is 11.3 Å². The zero-order chi connectivity index (χ0) is 14.7. The average molecular weight is 284 g/mol. The minimum absolute atomic E-state index is 0.341. The Bertz CT molecular complexity index is 613. The zero-order valence-corrected chi connectivity index (χ0v) is 12.3. The van der Waals surface area contributed by atoms with E-state index in [0.29, 0.717) is 18.3 Å². The van der Waals surface area contributed by atoms with Crippen LogP contribution in [0.5, 0.6) is 0 Å². The average Bonchev–Trinajstić information content (AvgIpc) is 3.17. The summed E-state index contributed by atoms with van der Waals surface area (Å²) in [6.07, 6.45) is 4.72. The highest BCUT2D eigenvalue weighted by atomic mass is 16.5. The van der Waals surface area contributed by atoms with E-state index in [1.165, 1.54) is 12.8 Å². The first kappa shape index (κ1) is 13.9. The fraction of sp³-hybridized carbons (Fsp3) is 0.412. The summed E-state index contributed by atoms with van der Waals surface area (Å²) < 4.78 is 7.10. The second-order valence-corrected chi connectivity index (χ2v) is 5.38. The predicted octanol–water partition coefficient (Wildman–Crippen LogP) is 3.84. The maximum atomic E-state index is 12.0. The molecule has 0 spiro atoms. The first-order valence-electron chi connectivity index (χ1n) is 7.61. The summed E-state index contributed by atoms with van der Waals surface area (Å²) in [5, 5.41) is 4.53. The van der Waals surface area contributed by atoms with Crippen molar-refractivity contribution >= 4 is 5.97 Å². The maximum Gasteiger partial charge on any atom is 0.358 e. The van der Waals surface area contributed by atoms with Crippen LogP contribution in [0.15, 0.2) is 36.4 Å². The summed E-state index contributed by atoms with van der Waals surface area (Å²) in [7, 11) is 0. The normalized spacial score (nSPS) is 15.3. The molecule has 0 saturated heterocycles. The summed E-state index contributed by atoms with van der Waals surface area (Å²) >= 11 is 0. The van der Waals surface area contributed by atoms with Gasteiger partial charge in [-0.2, -0.15) is 5.10 Å². The molecule has 0 N–H and O–H groups in total. The van der Waals surface area contributed by atoms with Crippen molar-refractivity contribution in [1.82, 2.24) is 9.78 Å². The van der Waals surface area contributed by atoms with E-state index in [4.69, 9.17) is 4.74 Å². The molecule has 1 aliphatic carbocycles. The molecule has 2 aromatic rings. The molecule has 1 aromatic heterocycles. The number of esters is 1. The molecule has 1 aliphatic rings. The van der Waals surface area contributed by atoms with E-state index in [9.17, 15) is 4.79 Å². The number of hydrogen-bond acceptors (Lipinski definition) is 3. The van der Waals surface area contributed by atoms with Crippen LogP contribution in [0.2, 0.25) is 0 Å². The summed E-state index contributed by atoms with van der Waals surface area (Å²) in [5.74, 6) is -0.341. The second-order valence-electron chi connectivity index (χ2n) is 5.38. The maximum absolute atomic E-state index is 12.0. The van der Waals surface area contributed by atoms with Crippen LogP contribution in [0.4, 0.5) is 0 Å². The van der Waals surface area contributed by atoms with Gasteiger partial charge in [0.1, 0.15) is 0 Å². The molecule has 0 radical (unpaired) electrons. The molecule has 0 amide bonds. The summed E-state index contributed by atoms with van der Waals surface area (Å²) in [6, 6.07) is 12.4. The number of carbonyl (C=O) groups excluding carboxylic acids is 1. The van der Waals surface area contributed by atoms with Gasteiger partial charge in [-0.3, -0.25) is 4.68 Å². The molecule has 1 fully saturated rings. The van der Waals surface area contributed by atoms with Crippen molar-refractivity contribution in [3.05, 3.63) is 42.1 Å². The summed E-state index contributed by atoms with van der Waals surface area (Å²) in [5.41, 5.74) is 2.50. The highest BCUT2D eigenvalue weighted by Crippen LogP contribution is 2.33. The molecule has 0 bridgehead atoms. The fourth-order valence-corrected chi connectivity index (χ4v) is 2.95. The topological polar surface area (TPSA) is 44.1 Å². The van der Waals surface area contributed by atoms with Gasteiger partial charge in [-0.25, -0.2) is 4.79 Å². The van der Waals surface area contributed by atoms with Crippen LogP contribution in [0.25, 0.3) is 11.3 Å². The van der Waals surface area contributed by atoms with Gasteiger partial charge < -0.3 is 4.74 Å². The minimum atomic E-state index is -0.341. The van der Waals surface area contributed by atoms with Gasteiger partial charge in [0.15, 0.2) is 5.69 Å². The quantitative estimate of drug-likeness (QED) is 0.801. The monoisotopic (exact) mass is 284 g/mol. The van der Waals surface area contributed by atoms with Gasteiger partial charge in [0, 0.05) is 0 Å². The summed E-state index contributed by atoms with van der Waals surface area (Å²) in [6.45, 7) is 2.18. The molecule has 0 aliphatic heterocycles. The van der Waals surface area contributed by atoms with Crippen molar-refractivity contribution in [2.24, 2.45) is 0 Å². The number of aromatic nitrogens is 2. The number of rotatable bonds is 4. The number of ether oxygens (including phenoxy) is 1. The molecule has 1 saturated carbocycles. The molecule has 0 atom stereocenters. The van der Waals surface area contributed by atoms with Crippen molar-refractivity contribution in [1.29, 1.82) is 0 Å². The molecule has 0 unspecified atom stereocenters. The van der Waals surface area contributed by atoms with Gasteiger partial charge in [0.05, 0.1) is 18.3 Å². The van der Waals surface area contributed by atoms with E-state index in [0.717, 1.165) is 24.1 Å². The lowest BCUT2D eigenvalue weighted by atomic mass is 10.1. The van der Waals surface area contributed by atoms with Gasteiger partial charge in [0.2, 0.25) is 0 Å². The second kappa shape index (κ2) is 6.12. The van der Waals surface area contributed by atoms with Crippen LogP contribution in [0.1, 0.15) is 49.1 Å². The lowest BCUT2D eigenvalue weighted by Crippen LogP contribution is -2.11. The van der Waals surface area contributed by atoms with Gasteiger partial charge in [-0.05, 0) is 31.4 Å². The van der Waals surface area contributed by atoms with Gasteiger partial charge >= 0.3 is 5.97 Å². The van der Waals surface area contributed by atoms with Crippen LogP contribution < -0.4 is 0 Å². The SMILES string of the molecule is CCOC(=O)c1cc(-c2ccccc2)n(C2CCCC2)n1. The molecule has 4 nitrogen and oxygen atoms in total. The number of carbonyl (C=O) groups is 1. The van der Waals surface area contributed by atoms with Crippen LogP contribution in [-0.2, 0) is 4.74 Å². The number of hydrogen-bond donors (Lipinski definition) is 0. The Morgan fingerprint density at radius 1 is 1.29 bits per heavy atom. The number of benzene rings is 1. The summed E-state index contributed by atoms with van der Waals surface area (Å²) in [4.78, 5) is 12.0. The van der Waals surface area contributed by atoms with Gasteiger partial charge in [-0.15, -0.1) is 0 Å². The van der Waals surface area contributed by atoms with Crippen LogP contribution in [0.3, 0.4) is 0 Å². The Balaban J connectivity index is 2.01. The van der Waals surface area contributed by atoms with E-state index in [1.807, 2.05) is 35.9 Å². The molecular formula is C17H20N2O2. The minimum Gasteiger partial charge on any atom is -0.461 e. The smallest absolute Gasteiger partial charge is 0.358 e. The van der Waals surface area contributed by atoms with Crippen LogP contribution in [0, 0.1) is 0 Å². The van der Waals surface area contributed by atoms with Crippen molar-refractivity contribution in [2.75, 3.05) is 6.61 Å². The molecular weight excluding hydrogens is 264 g/mol. The van der Waals surface area contributed by atoms with E-state index in [-0.39, 0.29) is 5.97 Å². The van der Waals surface area contributed by atoms with Crippen molar-refractivity contribution < 1.29 is 9.53 Å². The lowest BCUT2D eigenvalue weighted by molar-refractivity contribution is 0.0518. The highest BCUT2D eigenvalue weighted by Gasteiger charge is 2.24. The van der Waals surface area contributed by atoms with E-state index in [1.54, 1.807) is 0 Å². The highest BCUT2D eigenvalue weighted by molar-refractivity contribution is 5.88. The van der Waals surface area contributed by atoms with Crippen LogP contribution >= 0.6 is 0 Å². The largest absolute Gasteiger partial charge is 0.461 e.